The molecule has 9 heteroatoms. The number of pyridine rings is 1. The van der Waals surface area contributed by atoms with Gasteiger partial charge in [0.05, 0.1) is 29.9 Å². The van der Waals surface area contributed by atoms with Gasteiger partial charge in [-0.1, -0.05) is 6.07 Å². The first-order valence-corrected chi connectivity index (χ1v) is 12.6. The van der Waals surface area contributed by atoms with Crippen molar-refractivity contribution >= 4 is 28.3 Å². The van der Waals surface area contributed by atoms with Crippen LogP contribution in [0, 0.1) is 0 Å². The van der Waals surface area contributed by atoms with Crippen LogP contribution in [-0.4, -0.2) is 52.1 Å². The quantitative estimate of drug-likeness (QED) is 0.474. The molecular formula is C27H27N5O4. The number of carbonyl (C=O) groups is 1. The first-order valence-electron chi connectivity index (χ1n) is 12.6. The van der Waals surface area contributed by atoms with E-state index >= 15 is 0 Å². The monoisotopic (exact) mass is 485 g/mol. The molecule has 2 aliphatic heterocycles. The van der Waals surface area contributed by atoms with E-state index in [9.17, 15) is 9.59 Å². The van der Waals surface area contributed by atoms with E-state index < -0.39 is 0 Å². The highest BCUT2D eigenvalue weighted by Gasteiger charge is 2.32. The van der Waals surface area contributed by atoms with Gasteiger partial charge in [0.15, 0.2) is 0 Å². The Bertz CT molecular complexity index is 1580. The molecule has 0 spiro atoms. The van der Waals surface area contributed by atoms with Gasteiger partial charge in [-0.05, 0) is 55.2 Å². The molecule has 1 N–H and O–H groups in total. The second-order valence-corrected chi connectivity index (χ2v) is 9.98. The van der Waals surface area contributed by atoms with Gasteiger partial charge in [-0.2, -0.15) is 0 Å². The highest BCUT2D eigenvalue weighted by atomic mass is 16.5. The predicted molar refractivity (Wildman–Crippen MR) is 134 cm³/mol. The number of benzene rings is 1. The van der Waals surface area contributed by atoms with Crippen LogP contribution in [0.15, 0.2) is 35.4 Å². The fourth-order valence-electron chi connectivity index (χ4n) is 5.67. The normalized spacial score (nSPS) is 18.2. The molecule has 7 rings (SSSR count). The number of methoxy groups -OCH3 is 1. The van der Waals surface area contributed by atoms with E-state index in [-0.39, 0.29) is 17.4 Å². The first kappa shape index (κ1) is 21.6. The summed E-state index contributed by atoms with van der Waals surface area (Å²) in [7, 11) is 1.56. The number of hydrogen-bond acceptors (Lipinski definition) is 6. The third kappa shape index (κ3) is 3.33. The van der Waals surface area contributed by atoms with Crippen LogP contribution in [0.5, 0.6) is 5.75 Å². The lowest BCUT2D eigenvalue weighted by atomic mass is 9.99. The van der Waals surface area contributed by atoms with E-state index in [1.807, 2.05) is 16.7 Å². The van der Waals surface area contributed by atoms with E-state index in [4.69, 9.17) is 9.47 Å². The second-order valence-electron chi connectivity index (χ2n) is 9.98. The van der Waals surface area contributed by atoms with Crippen LogP contribution in [0.3, 0.4) is 0 Å². The Labute approximate surface area is 207 Å². The molecule has 0 radical (unpaired) electrons. The number of hydrogen-bond donors (Lipinski definition) is 1. The summed E-state index contributed by atoms with van der Waals surface area (Å²) in [6, 6.07) is 5.76. The Morgan fingerprint density at radius 1 is 1.06 bits per heavy atom. The summed E-state index contributed by atoms with van der Waals surface area (Å²) < 4.78 is 13.1. The van der Waals surface area contributed by atoms with Crippen molar-refractivity contribution in [2.75, 3.05) is 31.8 Å². The highest BCUT2D eigenvalue weighted by molar-refractivity contribution is 6.10. The number of carbonyl (C=O) groups excluding carboxylic acids is 1. The van der Waals surface area contributed by atoms with Crippen molar-refractivity contribution in [3.8, 4) is 5.75 Å². The fourth-order valence-corrected chi connectivity index (χ4v) is 5.67. The van der Waals surface area contributed by atoms with Gasteiger partial charge < -0.3 is 14.5 Å². The van der Waals surface area contributed by atoms with Gasteiger partial charge in [-0.3, -0.25) is 18.9 Å². The zero-order valence-corrected chi connectivity index (χ0v) is 20.1. The van der Waals surface area contributed by atoms with Gasteiger partial charge in [0.1, 0.15) is 22.9 Å². The van der Waals surface area contributed by atoms with Gasteiger partial charge in [0, 0.05) is 37.9 Å². The van der Waals surface area contributed by atoms with Crippen molar-refractivity contribution in [2.45, 2.75) is 43.9 Å². The zero-order chi connectivity index (χ0) is 24.4. The number of nitrogens with zero attached hydrogens (tertiary/aromatic N) is 4. The lowest BCUT2D eigenvalue weighted by Crippen LogP contribution is -2.30. The molecule has 3 aromatic heterocycles. The largest absolute Gasteiger partial charge is 0.496 e. The van der Waals surface area contributed by atoms with Gasteiger partial charge in [-0.25, -0.2) is 9.97 Å². The van der Waals surface area contributed by atoms with Crippen molar-refractivity contribution in [1.82, 2.24) is 19.4 Å². The van der Waals surface area contributed by atoms with Crippen LogP contribution in [0.4, 0.5) is 5.82 Å². The molecule has 1 aromatic carbocycles. The highest BCUT2D eigenvalue weighted by Crippen LogP contribution is 2.42. The number of fused-ring (bicyclic) bond motifs is 4. The molecule has 184 valence electrons. The Morgan fingerprint density at radius 3 is 2.67 bits per heavy atom. The average molecular weight is 486 g/mol. The Hall–Kier alpha value is -3.72. The van der Waals surface area contributed by atoms with E-state index in [1.54, 1.807) is 24.3 Å². The topological polar surface area (TPSA) is 102 Å². The summed E-state index contributed by atoms with van der Waals surface area (Å²) in [4.78, 5) is 40.7. The summed E-state index contributed by atoms with van der Waals surface area (Å²) >= 11 is 0. The standard InChI is InChI=1S/C27H27N5O4/c1-35-23-12-21-20(30-26(33)22-14-29-25(32(21)22)16-5-8-36-9-6-16)11-19(23)27(34)31-7-4-17-10-18(15-2-3-15)13-28-24(17)31/h10-16H,2-9H2,1H3,(H,30,33). The predicted octanol–water partition coefficient (Wildman–Crippen LogP) is 3.55. The van der Waals surface area contributed by atoms with Crippen molar-refractivity contribution < 1.29 is 14.3 Å². The number of anilines is 1. The zero-order valence-electron chi connectivity index (χ0n) is 20.1. The van der Waals surface area contributed by atoms with E-state index in [2.05, 4.69) is 21.0 Å². The van der Waals surface area contributed by atoms with Gasteiger partial charge in [-0.15, -0.1) is 0 Å². The maximum atomic E-state index is 13.8. The number of H-pyrrole nitrogens is 1. The number of aromatic nitrogens is 4. The maximum Gasteiger partial charge on any atom is 0.274 e. The minimum Gasteiger partial charge on any atom is -0.496 e. The number of rotatable bonds is 4. The summed E-state index contributed by atoms with van der Waals surface area (Å²) in [6.07, 6.45) is 8.45. The Morgan fingerprint density at radius 2 is 1.89 bits per heavy atom. The summed E-state index contributed by atoms with van der Waals surface area (Å²) in [6.45, 7) is 1.92. The van der Waals surface area contributed by atoms with Crippen molar-refractivity contribution in [3.05, 3.63) is 63.5 Å². The molecule has 1 saturated carbocycles. The number of imidazole rings is 1. The van der Waals surface area contributed by atoms with Crippen LogP contribution in [0.2, 0.25) is 0 Å². The molecule has 1 saturated heterocycles. The molecule has 3 aliphatic rings. The van der Waals surface area contributed by atoms with Gasteiger partial charge >= 0.3 is 0 Å². The molecular weight excluding hydrogens is 458 g/mol. The number of ether oxygens (including phenoxy) is 2. The van der Waals surface area contributed by atoms with E-state index in [0.717, 1.165) is 36.2 Å². The molecule has 0 atom stereocenters. The minimum atomic E-state index is -0.238. The van der Waals surface area contributed by atoms with Crippen LogP contribution >= 0.6 is 0 Å². The first-order chi connectivity index (χ1) is 17.6. The fraction of sp³-hybridized carbons (Fsp3) is 0.407. The molecule has 0 unspecified atom stereocenters. The minimum absolute atomic E-state index is 0.185. The number of amides is 1. The third-order valence-electron chi connectivity index (χ3n) is 7.76. The van der Waals surface area contributed by atoms with Crippen molar-refractivity contribution in [2.24, 2.45) is 0 Å². The SMILES string of the molecule is COc1cc2c(cc1C(=O)N1CCc3cc(C4CC4)cnc31)[nH]c(=O)c1cnc(C3CCOCC3)n12. The molecule has 1 aliphatic carbocycles. The summed E-state index contributed by atoms with van der Waals surface area (Å²) in [5.74, 6) is 2.65. The van der Waals surface area contributed by atoms with E-state index in [0.29, 0.717) is 53.8 Å². The lowest BCUT2D eigenvalue weighted by molar-refractivity contribution is 0.0835. The van der Waals surface area contributed by atoms with Crippen molar-refractivity contribution in [1.29, 1.82) is 0 Å². The van der Waals surface area contributed by atoms with Gasteiger partial charge in [0.2, 0.25) is 0 Å². The number of nitrogens with one attached hydrogen (secondary N) is 1. The molecule has 0 bridgehead atoms. The summed E-state index contributed by atoms with van der Waals surface area (Å²) in [5, 5.41) is 0. The Kier molecular flexibility index (Phi) is 4.89. The van der Waals surface area contributed by atoms with Crippen molar-refractivity contribution in [3.63, 3.8) is 0 Å². The molecule has 2 fully saturated rings. The Balaban J connectivity index is 1.33. The third-order valence-corrected chi connectivity index (χ3v) is 7.76. The molecule has 36 heavy (non-hydrogen) atoms. The second kappa shape index (κ2) is 8.16. The average Bonchev–Trinajstić information content (AvgIpc) is 3.52. The lowest BCUT2D eigenvalue weighted by Gasteiger charge is -2.22. The molecule has 5 heterocycles. The van der Waals surface area contributed by atoms with Crippen LogP contribution < -0.4 is 15.2 Å². The molecule has 1 amide bonds. The smallest absolute Gasteiger partial charge is 0.274 e. The van der Waals surface area contributed by atoms with E-state index in [1.165, 1.54) is 18.4 Å². The molecule has 4 aromatic rings. The summed E-state index contributed by atoms with van der Waals surface area (Å²) in [5.41, 5.74) is 4.35. The van der Waals surface area contributed by atoms with Gasteiger partial charge in [0.25, 0.3) is 11.5 Å². The van der Waals surface area contributed by atoms with Crippen LogP contribution in [-0.2, 0) is 11.2 Å². The number of aromatic amines is 1. The van der Waals surface area contributed by atoms with Crippen LogP contribution in [0.1, 0.15) is 64.8 Å². The maximum absolute atomic E-state index is 13.8. The molecule has 9 nitrogen and oxygen atoms in total. The van der Waals surface area contributed by atoms with Crippen LogP contribution in [0.25, 0.3) is 16.6 Å².